The summed E-state index contributed by atoms with van der Waals surface area (Å²) >= 11 is 1.49. The molecule has 5 heteroatoms. The summed E-state index contributed by atoms with van der Waals surface area (Å²) in [5.74, 6) is 1.42. The number of rotatable bonds is 3. The van der Waals surface area contributed by atoms with Crippen LogP contribution in [0.15, 0.2) is 12.1 Å². The number of nitrogens with two attached hydrogens (primary N) is 1. The van der Waals surface area contributed by atoms with Crippen LogP contribution in [0.2, 0.25) is 0 Å². The maximum atomic E-state index is 5.74. The van der Waals surface area contributed by atoms with Crippen molar-refractivity contribution in [1.29, 1.82) is 0 Å². The molecule has 0 aliphatic rings. The molecule has 1 aromatic heterocycles. The number of methoxy groups -OCH3 is 2. The third kappa shape index (κ3) is 2.13. The number of nitrogen functional groups attached to an aromatic ring is 1. The summed E-state index contributed by atoms with van der Waals surface area (Å²) in [6, 6.07) is 3.89. The molecule has 0 aliphatic heterocycles. The molecule has 0 amide bonds. The molecule has 0 bridgehead atoms. The molecular formula is C13H16N2O2S. The predicted octanol–water partition coefficient (Wildman–Crippen LogP) is 3.03. The van der Waals surface area contributed by atoms with Gasteiger partial charge in [0.1, 0.15) is 0 Å². The molecule has 0 unspecified atom stereocenters. The molecule has 96 valence electrons. The monoisotopic (exact) mass is 264 g/mol. The lowest BCUT2D eigenvalue weighted by molar-refractivity contribution is 0.355. The molecule has 0 spiro atoms. The summed E-state index contributed by atoms with van der Waals surface area (Å²) < 4.78 is 10.6. The summed E-state index contributed by atoms with van der Waals surface area (Å²) in [6.45, 7) is 4.03. The minimum absolute atomic E-state index is 0.580. The second kappa shape index (κ2) is 4.86. The number of ether oxygens (including phenoxy) is 2. The van der Waals surface area contributed by atoms with Crippen molar-refractivity contribution in [3.05, 3.63) is 22.6 Å². The van der Waals surface area contributed by atoms with E-state index in [9.17, 15) is 0 Å². The first-order valence-corrected chi connectivity index (χ1v) is 6.34. The highest BCUT2D eigenvalue weighted by Gasteiger charge is 2.14. The van der Waals surface area contributed by atoms with Crippen molar-refractivity contribution in [3.8, 4) is 22.8 Å². The highest BCUT2D eigenvalue weighted by atomic mass is 32.1. The summed E-state index contributed by atoms with van der Waals surface area (Å²) in [7, 11) is 3.25. The van der Waals surface area contributed by atoms with E-state index in [1.54, 1.807) is 14.2 Å². The van der Waals surface area contributed by atoms with Gasteiger partial charge < -0.3 is 15.2 Å². The highest BCUT2D eigenvalue weighted by molar-refractivity contribution is 7.15. The van der Waals surface area contributed by atoms with Crippen molar-refractivity contribution in [2.75, 3.05) is 20.0 Å². The molecule has 18 heavy (non-hydrogen) atoms. The van der Waals surface area contributed by atoms with E-state index in [-0.39, 0.29) is 0 Å². The average molecular weight is 264 g/mol. The smallest absolute Gasteiger partial charge is 0.180 e. The SMILES string of the molecule is COc1cc(C)c(-c2nc(N)sc2C)cc1OC. The molecule has 2 aromatic rings. The zero-order chi connectivity index (χ0) is 13.3. The number of anilines is 1. The first-order chi connectivity index (χ1) is 8.56. The lowest BCUT2D eigenvalue weighted by Gasteiger charge is -2.12. The Labute approximate surface area is 110 Å². The molecule has 2 N–H and O–H groups in total. The van der Waals surface area contributed by atoms with Gasteiger partial charge in [0, 0.05) is 10.4 Å². The Morgan fingerprint density at radius 3 is 2.22 bits per heavy atom. The topological polar surface area (TPSA) is 57.4 Å². The molecule has 4 nitrogen and oxygen atoms in total. The van der Waals surface area contributed by atoms with Crippen LogP contribution in [-0.4, -0.2) is 19.2 Å². The number of hydrogen-bond donors (Lipinski definition) is 1. The van der Waals surface area contributed by atoms with Crippen molar-refractivity contribution in [1.82, 2.24) is 4.98 Å². The maximum absolute atomic E-state index is 5.74. The first-order valence-electron chi connectivity index (χ1n) is 5.52. The van der Waals surface area contributed by atoms with Crippen molar-refractivity contribution in [2.24, 2.45) is 0 Å². The minimum Gasteiger partial charge on any atom is -0.493 e. The van der Waals surface area contributed by atoms with Crippen molar-refractivity contribution >= 4 is 16.5 Å². The van der Waals surface area contributed by atoms with Crippen LogP contribution in [0.25, 0.3) is 11.3 Å². The molecular weight excluding hydrogens is 248 g/mol. The van der Waals surface area contributed by atoms with Crippen LogP contribution in [0, 0.1) is 13.8 Å². The number of benzene rings is 1. The number of hydrogen-bond acceptors (Lipinski definition) is 5. The van der Waals surface area contributed by atoms with E-state index >= 15 is 0 Å². The number of nitrogens with zero attached hydrogens (tertiary/aromatic N) is 1. The second-order valence-corrected chi connectivity index (χ2v) is 5.21. The van der Waals surface area contributed by atoms with Crippen LogP contribution in [0.3, 0.4) is 0 Å². The van der Waals surface area contributed by atoms with Crippen molar-refractivity contribution in [2.45, 2.75) is 13.8 Å². The third-order valence-corrected chi connectivity index (χ3v) is 3.60. The van der Waals surface area contributed by atoms with Crippen LogP contribution in [0.4, 0.5) is 5.13 Å². The first kappa shape index (κ1) is 12.7. The van der Waals surface area contributed by atoms with Gasteiger partial charge in [-0.3, -0.25) is 0 Å². The number of aromatic nitrogens is 1. The van der Waals surface area contributed by atoms with E-state index in [0.29, 0.717) is 10.9 Å². The van der Waals surface area contributed by atoms with E-state index in [4.69, 9.17) is 15.2 Å². The van der Waals surface area contributed by atoms with Gasteiger partial charge in [0.05, 0.1) is 19.9 Å². The van der Waals surface area contributed by atoms with Gasteiger partial charge in [0.15, 0.2) is 16.6 Å². The largest absolute Gasteiger partial charge is 0.493 e. The molecule has 1 aromatic carbocycles. The number of aryl methyl sites for hydroxylation is 2. The lowest BCUT2D eigenvalue weighted by Crippen LogP contribution is -1.94. The zero-order valence-electron chi connectivity index (χ0n) is 10.9. The molecule has 0 atom stereocenters. The molecule has 1 heterocycles. The summed E-state index contributed by atoms with van der Waals surface area (Å²) in [5.41, 5.74) is 8.77. The van der Waals surface area contributed by atoms with E-state index in [1.165, 1.54) is 11.3 Å². The van der Waals surface area contributed by atoms with E-state index < -0.39 is 0 Å². The van der Waals surface area contributed by atoms with Gasteiger partial charge in [-0.15, -0.1) is 11.3 Å². The van der Waals surface area contributed by atoms with Gasteiger partial charge in [0.2, 0.25) is 0 Å². The lowest BCUT2D eigenvalue weighted by atomic mass is 10.0. The third-order valence-electron chi connectivity index (χ3n) is 2.80. The van der Waals surface area contributed by atoms with Crippen LogP contribution < -0.4 is 15.2 Å². The van der Waals surface area contributed by atoms with Crippen molar-refractivity contribution in [3.63, 3.8) is 0 Å². The number of thiazole rings is 1. The van der Waals surface area contributed by atoms with Crippen molar-refractivity contribution < 1.29 is 9.47 Å². The average Bonchev–Trinajstić information content (AvgIpc) is 2.68. The van der Waals surface area contributed by atoms with Crippen LogP contribution in [0.5, 0.6) is 11.5 Å². The Balaban J connectivity index is 2.61. The molecule has 0 saturated heterocycles. The Bertz CT molecular complexity index is 579. The summed E-state index contributed by atoms with van der Waals surface area (Å²) in [4.78, 5) is 5.47. The Hall–Kier alpha value is -1.75. The fourth-order valence-corrected chi connectivity index (χ4v) is 2.61. The zero-order valence-corrected chi connectivity index (χ0v) is 11.7. The van der Waals surface area contributed by atoms with Gasteiger partial charge in [-0.05, 0) is 31.5 Å². The quantitative estimate of drug-likeness (QED) is 0.925. The standard InChI is InChI=1S/C13H16N2O2S/c1-7-5-10(16-3)11(17-4)6-9(7)12-8(2)18-13(14)15-12/h5-6H,1-4H3,(H2,14,15). The fourth-order valence-electron chi connectivity index (χ4n) is 1.90. The summed E-state index contributed by atoms with van der Waals surface area (Å²) in [5, 5.41) is 0.580. The van der Waals surface area contributed by atoms with E-state index in [0.717, 1.165) is 27.4 Å². The maximum Gasteiger partial charge on any atom is 0.180 e. The fraction of sp³-hybridized carbons (Fsp3) is 0.308. The van der Waals surface area contributed by atoms with Gasteiger partial charge in [-0.25, -0.2) is 4.98 Å². The molecule has 0 radical (unpaired) electrons. The summed E-state index contributed by atoms with van der Waals surface area (Å²) in [6.07, 6.45) is 0. The molecule has 0 saturated carbocycles. The van der Waals surface area contributed by atoms with Gasteiger partial charge in [-0.2, -0.15) is 0 Å². The van der Waals surface area contributed by atoms with E-state index in [1.807, 2.05) is 26.0 Å². The Kier molecular flexibility index (Phi) is 3.43. The molecule has 0 aliphatic carbocycles. The van der Waals surface area contributed by atoms with Crippen LogP contribution >= 0.6 is 11.3 Å². The van der Waals surface area contributed by atoms with E-state index in [2.05, 4.69) is 4.98 Å². The predicted molar refractivity (Wildman–Crippen MR) is 74.5 cm³/mol. The van der Waals surface area contributed by atoms with Gasteiger partial charge >= 0.3 is 0 Å². The Morgan fingerprint density at radius 2 is 1.72 bits per heavy atom. The molecule has 0 fully saturated rings. The van der Waals surface area contributed by atoms with Gasteiger partial charge in [-0.1, -0.05) is 0 Å². The normalized spacial score (nSPS) is 10.4. The van der Waals surface area contributed by atoms with Crippen LogP contribution in [-0.2, 0) is 0 Å². The Morgan fingerprint density at radius 1 is 1.11 bits per heavy atom. The van der Waals surface area contributed by atoms with Gasteiger partial charge in [0.25, 0.3) is 0 Å². The molecule has 2 rings (SSSR count). The minimum atomic E-state index is 0.580. The highest BCUT2D eigenvalue weighted by Crippen LogP contribution is 2.37. The van der Waals surface area contributed by atoms with Crippen LogP contribution in [0.1, 0.15) is 10.4 Å². The second-order valence-electron chi connectivity index (χ2n) is 3.98.